The normalized spacial score (nSPS) is 11.2. The number of para-hydroxylation sites is 2. The van der Waals surface area contributed by atoms with Crippen molar-refractivity contribution in [1.29, 1.82) is 0 Å². The Hall–Kier alpha value is -3.46. The van der Waals surface area contributed by atoms with E-state index in [2.05, 4.69) is 15.3 Å². The number of fused-ring (bicyclic) bond motifs is 2. The van der Waals surface area contributed by atoms with Crippen LogP contribution < -0.4 is 5.32 Å². The van der Waals surface area contributed by atoms with Crippen molar-refractivity contribution >= 4 is 66.2 Å². The van der Waals surface area contributed by atoms with E-state index in [0.29, 0.717) is 10.7 Å². The molecule has 0 spiro atoms. The maximum Gasteiger partial charge on any atom is 0.258 e. The van der Waals surface area contributed by atoms with Crippen LogP contribution in [0.5, 0.6) is 0 Å². The lowest BCUT2D eigenvalue weighted by Crippen LogP contribution is -2.13. The lowest BCUT2D eigenvalue weighted by atomic mass is 10.1. The van der Waals surface area contributed by atoms with Gasteiger partial charge in [0.15, 0.2) is 5.13 Å². The zero-order valence-corrected chi connectivity index (χ0v) is 18.9. The molecule has 0 radical (unpaired) electrons. The van der Waals surface area contributed by atoms with Gasteiger partial charge >= 0.3 is 0 Å². The smallest absolute Gasteiger partial charge is 0.258 e. The summed E-state index contributed by atoms with van der Waals surface area (Å²) in [7, 11) is 0. The Balaban J connectivity index is 1.34. The maximum atomic E-state index is 13.3. The first-order chi connectivity index (χ1) is 15.7. The van der Waals surface area contributed by atoms with E-state index in [4.69, 9.17) is 4.98 Å². The molecule has 6 aromatic rings. The molecule has 0 saturated carbocycles. The first-order valence-corrected chi connectivity index (χ1v) is 12.4. The molecule has 0 atom stereocenters. The van der Waals surface area contributed by atoms with E-state index >= 15 is 0 Å². The molecule has 2 aromatic carbocycles. The van der Waals surface area contributed by atoms with Gasteiger partial charge in [-0.2, -0.15) is 0 Å². The van der Waals surface area contributed by atoms with E-state index < -0.39 is 0 Å². The fraction of sp³-hybridized carbons (Fsp3) is 0. The quantitative estimate of drug-likeness (QED) is 0.303. The lowest BCUT2D eigenvalue weighted by Gasteiger charge is -2.08. The molecule has 0 aliphatic heterocycles. The van der Waals surface area contributed by atoms with Gasteiger partial charge in [-0.15, -0.1) is 34.0 Å². The Morgan fingerprint density at radius 2 is 1.66 bits per heavy atom. The summed E-state index contributed by atoms with van der Waals surface area (Å²) in [5, 5.41) is 9.10. The number of thiophene rings is 1. The number of carbonyl (C=O) groups excluding carboxylic acids is 1. The Morgan fingerprint density at radius 3 is 2.50 bits per heavy atom. The van der Waals surface area contributed by atoms with Crippen molar-refractivity contribution in [3.05, 3.63) is 83.1 Å². The summed E-state index contributed by atoms with van der Waals surface area (Å²) in [5.41, 5.74) is 3.88. The second-order valence-electron chi connectivity index (χ2n) is 7.03. The molecule has 6 rings (SSSR count). The van der Waals surface area contributed by atoms with Gasteiger partial charge in [0.05, 0.1) is 31.9 Å². The second kappa shape index (κ2) is 7.90. The molecule has 0 saturated heterocycles. The summed E-state index contributed by atoms with van der Waals surface area (Å²) in [5.74, 6) is -0.202. The van der Waals surface area contributed by atoms with E-state index in [0.717, 1.165) is 42.4 Å². The second-order valence-corrected chi connectivity index (χ2v) is 9.86. The van der Waals surface area contributed by atoms with Gasteiger partial charge in [-0.05, 0) is 35.7 Å². The third kappa shape index (κ3) is 3.48. The maximum absolute atomic E-state index is 13.3. The van der Waals surface area contributed by atoms with Crippen LogP contribution in [-0.2, 0) is 0 Å². The van der Waals surface area contributed by atoms with Crippen LogP contribution in [0.15, 0.2) is 77.5 Å². The highest BCUT2D eigenvalue weighted by molar-refractivity contribution is 7.22. The first kappa shape index (κ1) is 19.2. The molecule has 154 valence electrons. The zero-order chi connectivity index (χ0) is 21.5. The highest BCUT2D eigenvalue weighted by Crippen LogP contribution is 2.33. The predicted molar refractivity (Wildman–Crippen MR) is 134 cm³/mol. The van der Waals surface area contributed by atoms with E-state index in [1.165, 1.54) is 11.3 Å². The number of pyridine rings is 1. The zero-order valence-electron chi connectivity index (χ0n) is 16.5. The molecule has 1 amide bonds. The van der Waals surface area contributed by atoms with Crippen LogP contribution in [0, 0.1) is 0 Å². The summed E-state index contributed by atoms with van der Waals surface area (Å²) in [6, 6.07) is 21.6. The molecule has 8 heteroatoms. The molecule has 5 nitrogen and oxygen atoms in total. The average molecular weight is 471 g/mol. The van der Waals surface area contributed by atoms with Crippen molar-refractivity contribution < 1.29 is 4.79 Å². The minimum Gasteiger partial charge on any atom is -0.298 e. The molecule has 0 aliphatic carbocycles. The van der Waals surface area contributed by atoms with Crippen molar-refractivity contribution in [2.75, 3.05) is 5.32 Å². The number of rotatable bonds is 4. The number of carbonyl (C=O) groups is 1. The topological polar surface area (TPSA) is 67.8 Å². The Kier molecular flexibility index (Phi) is 4.75. The van der Waals surface area contributed by atoms with Gasteiger partial charge in [-0.3, -0.25) is 10.1 Å². The van der Waals surface area contributed by atoms with Gasteiger partial charge in [-0.25, -0.2) is 15.0 Å². The van der Waals surface area contributed by atoms with Gasteiger partial charge < -0.3 is 0 Å². The lowest BCUT2D eigenvalue weighted by molar-refractivity contribution is 0.102. The molecule has 1 N–H and O–H groups in total. The van der Waals surface area contributed by atoms with Crippen LogP contribution in [0.25, 0.3) is 42.4 Å². The van der Waals surface area contributed by atoms with Crippen molar-refractivity contribution in [2.45, 2.75) is 0 Å². The summed E-state index contributed by atoms with van der Waals surface area (Å²) >= 11 is 4.59. The Bertz CT molecular complexity index is 1550. The minimum absolute atomic E-state index is 0.202. The summed E-state index contributed by atoms with van der Waals surface area (Å²) < 4.78 is 1.12. The number of nitrogens with zero attached hydrogens (tertiary/aromatic N) is 3. The molecule has 4 aromatic heterocycles. The van der Waals surface area contributed by atoms with Crippen LogP contribution >= 0.6 is 34.0 Å². The van der Waals surface area contributed by atoms with Gasteiger partial charge in [0, 0.05) is 10.8 Å². The predicted octanol–water partition coefficient (Wildman–Crippen LogP) is 6.95. The first-order valence-electron chi connectivity index (χ1n) is 9.81. The third-order valence-electron chi connectivity index (χ3n) is 4.97. The Morgan fingerprint density at radius 1 is 0.812 bits per heavy atom. The molecule has 0 aliphatic rings. The molecular formula is C24H14N4OS3. The van der Waals surface area contributed by atoms with Gasteiger partial charge in [0.25, 0.3) is 5.91 Å². The fourth-order valence-corrected chi connectivity index (χ4v) is 5.87. The number of amides is 1. The van der Waals surface area contributed by atoms with E-state index in [1.807, 2.05) is 77.5 Å². The standard InChI is InChI=1S/C24H14N4OS3/c29-22(15-12-18(20-10-5-11-30-20)25-16-7-2-1-6-14(15)16)28-24-27-19(13-31-24)23-26-17-8-3-4-9-21(17)32-23/h1-13H,(H,27,28,29). The van der Waals surface area contributed by atoms with Crippen molar-refractivity contribution in [1.82, 2.24) is 15.0 Å². The van der Waals surface area contributed by atoms with Crippen LogP contribution in [-0.4, -0.2) is 20.9 Å². The molecule has 0 unspecified atom stereocenters. The third-order valence-corrected chi connectivity index (χ3v) is 7.68. The largest absolute Gasteiger partial charge is 0.298 e. The number of hydrogen-bond acceptors (Lipinski definition) is 7. The number of aromatic nitrogens is 3. The van der Waals surface area contributed by atoms with E-state index in [-0.39, 0.29) is 5.91 Å². The molecule has 4 heterocycles. The van der Waals surface area contributed by atoms with E-state index in [9.17, 15) is 4.79 Å². The van der Waals surface area contributed by atoms with Crippen LogP contribution in [0.4, 0.5) is 5.13 Å². The monoisotopic (exact) mass is 470 g/mol. The summed E-state index contributed by atoms with van der Waals surface area (Å²) in [6.45, 7) is 0. The molecule has 0 bridgehead atoms. The number of benzene rings is 2. The van der Waals surface area contributed by atoms with Gasteiger partial charge in [-0.1, -0.05) is 36.4 Å². The van der Waals surface area contributed by atoms with Crippen molar-refractivity contribution in [3.63, 3.8) is 0 Å². The highest BCUT2D eigenvalue weighted by Gasteiger charge is 2.17. The van der Waals surface area contributed by atoms with Crippen molar-refractivity contribution in [3.8, 4) is 21.3 Å². The molecule has 0 fully saturated rings. The van der Waals surface area contributed by atoms with Gasteiger partial charge in [0.1, 0.15) is 10.7 Å². The van der Waals surface area contributed by atoms with E-state index in [1.54, 1.807) is 22.7 Å². The number of thiazole rings is 2. The van der Waals surface area contributed by atoms with Crippen LogP contribution in [0.2, 0.25) is 0 Å². The average Bonchev–Trinajstić information content (AvgIpc) is 3.58. The summed E-state index contributed by atoms with van der Waals surface area (Å²) in [4.78, 5) is 28.3. The fourth-order valence-electron chi connectivity index (χ4n) is 3.49. The van der Waals surface area contributed by atoms with Crippen LogP contribution in [0.3, 0.4) is 0 Å². The molecule has 32 heavy (non-hydrogen) atoms. The Labute approximate surface area is 195 Å². The number of hydrogen-bond donors (Lipinski definition) is 1. The van der Waals surface area contributed by atoms with Crippen molar-refractivity contribution in [2.24, 2.45) is 0 Å². The summed E-state index contributed by atoms with van der Waals surface area (Å²) in [6.07, 6.45) is 0. The SMILES string of the molecule is O=C(Nc1nc(-c2nc3ccccc3s2)cs1)c1cc(-c2cccs2)nc2ccccc12. The van der Waals surface area contributed by atoms with Crippen LogP contribution in [0.1, 0.15) is 10.4 Å². The van der Waals surface area contributed by atoms with Gasteiger partial charge in [0.2, 0.25) is 0 Å². The number of anilines is 1. The molecular weight excluding hydrogens is 456 g/mol. The number of nitrogens with one attached hydrogen (secondary N) is 1. The highest BCUT2D eigenvalue weighted by atomic mass is 32.1. The minimum atomic E-state index is -0.202.